The highest BCUT2D eigenvalue weighted by atomic mass is 32.2. The number of thiazole rings is 1. The quantitative estimate of drug-likeness (QED) is 0.761. The van der Waals surface area contributed by atoms with Gasteiger partial charge in [0, 0.05) is 12.8 Å². The zero-order chi connectivity index (χ0) is 19.7. The molecule has 0 radical (unpaired) electrons. The monoisotopic (exact) mass is 420 g/mol. The van der Waals surface area contributed by atoms with Crippen LogP contribution in [0.25, 0.3) is 5.70 Å². The molecule has 8 nitrogen and oxygen atoms in total. The Bertz CT molecular complexity index is 886. The molecular formula is C18H24N6O2S2. The fourth-order valence-corrected chi connectivity index (χ4v) is 5.50. The number of likely N-dealkylation sites (tertiary alicyclic amines) is 1. The van der Waals surface area contributed by atoms with E-state index in [1.807, 2.05) is 17.8 Å². The summed E-state index contributed by atoms with van der Waals surface area (Å²) in [7, 11) is 2.13. The van der Waals surface area contributed by atoms with E-state index >= 15 is 0 Å². The molecule has 4 rings (SSSR count). The Morgan fingerprint density at radius 1 is 1.46 bits per heavy atom. The van der Waals surface area contributed by atoms with Crippen LogP contribution in [0.4, 0.5) is 0 Å². The van der Waals surface area contributed by atoms with Crippen molar-refractivity contribution >= 4 is 34.7 Å². The maximum absolute atomic E-state index is 11.9. The second-order valence-electron chi connectivity index (χ2n) is 7.35. The van der Waals surface area contributed by atoms with Crippen molar-refractivity contribution in [2.24, 2.45) is 0 Å². The number of aryl methyl sites for hydroxylation is 1. The molecule has 2 aliphatic rings. The first-order valence-electron chi connectivity index (χ1n) is 9.30. The largest absolute Gasteiger partial charge is 0.352 e. The molecule has 0 bridgehead atoms. The molecule has 28 heavy (non-hydrogen) atoms. The van der Waals surface area contributed by atoms with Gasteiger partial charge in [-0.1, -0.05) is 16.9 Å². The van der Waals surface area contributed by atoms with Gasteiger partial charge in [-0.25, -0.2) is 4.98 Å². The fraction of sp³-hybridized carbons (Fsp3) is 0.556. The zero-order valence-corrected chi connectivity index (χ0v) is 17.8. The first-order valence-corrected chi connectivity index (χ1v) is 11.1. The summed E-state index contributed by atoms with van der Waals surface area (Å²) in [5.41, 5.74) is 3.74. The lowest BCUT2D eigenvalue weighted by atomic mass is 9.97. The number of aromatic nitrogens is 3. The van der Waals surface area contributed by atoms with Gasteiger partial charge in [-0.15, -0.1) is 11.3 Å². The molecule has 0 aromatic carbocycles. The molecule has 1 fully saturated rings. The smallest absolute Gasteiger partial charge is 0.229 e. The third-order valence-electron chi connectivity index (χ3n) is 5.04. The second kappa shape index (κ2) is 7.84. The zero-order valence-electron chi connectivity index (χ0n) is 16.2. The van der Waals surface area contributed by atoms with Crippen molar-refractivity contribution in [2.75, 3.05) is 20.1 Å². The predicted octanol–water partition coefficient (Wildman–Crippen LogP) is 2.31. The molecule has 2 aromatic rings. The maximum atomic E-state index is 11.9. The highest BCUT2D eigenvalue weighted by molar-refractivity contribution is 8.03. The molecule has 2 N–H and O–H groups in total. The van der Waals surface area contributed by atoms with E-state index < -0.39 is 4.99 Å². The van der Waals surface area contributed by atoms with Crippen LogP contribution >= 0.6 is 23.1 Å². The van der Waals surface area contributed by atoms with Crippen LogP contribution in [-0.4, -0.2) is 51.1 Å². The summed E-state index contributed by atoms with van der Waals surface area (Å²) in [5, 5.41) is 12.7. The topological polar surface area (TPSA) is 96.2 Å². The lowest BCUT2D eigenvalue weighted by Crippen LogP contribution is -2.54. The molecule has 2 aliphatic heterocycles. The molecule has 2 aromatic heterocycles. The average molecular weight is 421 g/mol. The van der Waals surface area contributed by atoms with Gasteiger partial charge in [-0.05, 0) is 45.3 Å². The average Bonchev–Trinajstić information content (AvgIpc) is 3.36. The van der Waals surface area contributed by atoms with Crippen LogP contribution in [0.5, 0.6) is 0 Å². The van der Waals surface area contributed by atoms with Crippen LogP contribution in [0.15, 0.2) is 15.4 Å². The number of amides is 1. The normalized spacial score (nSPS) is 23.5. The van der Waals surface area contributed by atoms with E-state index in [9.17, 15) is 4.79 Å². The van der Waals surface area contributed by atoms with Gasteiger partial charge in [0.1, 0.15) is 0 Å². The first kappa shape index (κ1) is 19.4. The minimum absolute atomic E-state index is 0.116. The van der Waals surface area contributed by atoms with E-state index in [1.165, 1.54) is 18.7 Å². The Balaban J connectivity index is 1.49. The van der Waals surface area contributed by atoms with Gasteiger partial charge in [0.05, 0.1) is 28.2 Å². The summed E-state index contributed by atoms with van der Waals surface area (Å²) in [5.74, 6) is 1.50. The molecule has 1 saturated heterocycles. The number of hydrogen-bond acceptors (Lipinski definition) is 9. The third-order valence-corrected chi connectivity index (χ3v) is 7.11. The van der Waals surface area contributed by atoms with Crippen LogP contribution in [0.3, 0.4) is 0 Å². The molecule has 1 atom stereocenters. The first-order chi connectivity index (χ1) is 13.4. The summed E-state index contributed by atoms with van der Waals surface area (Å²) in [6.07, 6.45) is 2.47. The SMILES string of the molecule is CC(=O)NC1(Cc2noc(C3CCN(C)CC3)n2)NC(c2scnc2C)=CS1. The number of piperidine rings is 1. The van der Waals surface area contributed by atoms with Crippen LogP contribution in [0.1, 0.15) is 48.0 Å². The minimum atomic E-state index is -0.731. The van der Waals surface area contributed by atoms with E-state index in [0.717, 1.165) is 42.2 Å². The van der Waals surface area contributed by atoms with E-state index in [-0.39, 0.29) is 5.91 Å². The maximum Gasteiger partial charge on any atom is 0.229 e. The summed E-state index contributed by atoms with van der Waals surface area (Å²) in [6.45, 7) is 5.57. The number of nitrogens with one attached hydrogen (secondary N) is 2. The van der Waals surface area contributed by atoms with Crippen molar-refractivity contribution < 1.29 is 9.32 Å². The Hall–Kier alpha value is -1.91. The van der Waals surface area contributed by atoms with Crippen LogP contribution in [0, 0.1) is 6.92 Å². The van der Waals surface area contributed by atoms with Gasteiger partial charge in [0.25, 0.3) is 0 Å². The van der Waals surface area contributed by atoms with Crippen molar-refractivity contribution in [1.82, 2.24) is 30.7 Å². The summed E-state index contributed by atoms with van der Waals surface area (Å²) < 4.78 is 5.56. The number of hydrogen-bond donors (Lipinski definition) is 2. The predicted molar refractivity (Wildman–Crippen MR) is 110 cm³/mol. The molecule has 0 saturated carbocycles. The van der Waals surface area contributed by atoms with Crippen LogP contribution in [-0.2, 0) is 11.2 Å². The summed E-state index contributed by atoms with van der Waals surface area (Å²) >= 11 is 3.09. The Morgan fingerprint density at radius 2 is 2.25 bits per heavy atom. The fourth-order valence-electron chi connectivity index (χ4n) is 3.57. The van der Waals surface area contributed by atoms with Crippen molar-refractivity contribution in [3.63, 3.8) is 0 Å². The lowest BCUT2D eigenvalue weighted by Gasteiger charge is -2.29. The van der Waals surface area contributed by atoms with E-state index in [1.54, 1.807) is 11.3 Å². The standard InChI is InChI=1S/C18H24N6O2S2/c1-11-16(27-10-19-11)14-9-28-18(22-14,21-12(2)25)8-15-20-17(26-23-15)13-4-6-24(3)7-5-13/h9-10,13,22H,4-8H2,1-3H3,(H,21,25). The Kier molecular flexibility index (Phi) is 5.44. The lowest BCUT2D eigenvalue weighted by molar-refractivity contribution is -0.120. The van der Waals surface area contributed by atoms with Crippen LogP contribution in [0.2, 0.25) is 0 Å². The van der Waals surface area contributed by atoms with Gasteiger partial charge >= 0.3 is 0 Å². The Labute approximate surface area is 172 Å². The number of carbonyl (C=O) groups excluding carboxylic acids is 1. The van der Waals surface area contributed by atoms with Crippen molar-refractivity contribution in [1.29, 1.82) is 0 Å². The Morgan fingerprint density at radius 3 is 2.93 bits per heavy atom. The van der Waals surface area contributed by atoms with Gasteiger partial charge in [0.2, 0.25) is 11.8 Å². The van der Waals surface area contributed by atoms with Gasteiger partial charge in [0.15, 0.2) is 10.8 Å². The van der Waals surface area contributed by atoms with Crippen molar-refractivity contribution in [3.8, 4) is 0 Å². The third kappa shape index (κ3) is 4.08. The van der Waals surface area contributed by atoms with Crippen molar-refractivity contribution in [3.05, 3.63) is 33.2 Å². The number of thioether (sulfide) groups is 1. The number of nitrogens with zero attached hydrogens (tertiary/aromatic N) is 4. The summed E-state index contributed by atoms with van der Waals surface area (Å²) in [6, 6.07) is 0. The molecule has 1 unspecified atom stereocenters. The highest BCUT2D eigenvalue weighted by Gasteiger charge is 2.39. The summed E-state index contributed by atoms with van der Waals surface area (Å²) in [4.78, 5) is 23.5. The van der Waals surface area contributed by atoms with Crippen LogP contribution < -0.4 is 10.6 Å². The van der Waals surface area contributed by atoms with E-state index in [2.05, 4.69) is 37.7 Å². The number of rotatable bonds is 5. The second-order valence-corrected chi connectivity index (χ2v) is 9.38. The molecule has 0 spiro atoms. The molecule has 4 heterocycles. The highest BCUT2D eigenvalue weighted by Crippen LogP contribution is 2.38. The van der Waals surface area contributed by atoms with E-state index in [4.69, 9.17) is 4.52 Å². The van der Waals surface area contributed by atoms with Gasteiger partial charge in [-0.2, -0.15) is 4.98 Å². The molecule has 10 heteroatoms. The van der Waals surface area contributed by atoms with Crippen molar-refractivity contribution in [2.45, 2.75) is 44.0 Å². The molecule has 0 aliphatic carbocycles. The van der Waals surface area contributed by atoms with Gasteiger partial charge in [-0.3, -0.25) is 4.79 Å². The van der Waals surface area contributed by atoms with Gasteiger partial charge < -0.3 is 20.1 Å². The molecular weight excluding hydrogens is 396 g/mol. The molecule has 1 amide bonds. The molecule has 150 valence electrons. The van der Waals surface area contributed by atoms with E-state index in [0.29, 0.717) is 24.1 Å². The number of carbonyl (C=O) groups is 1. The minimum Gasteiger partial charge on any atom is -0.352 e.